The molecule has 12 heavy (non-hydrogen) atoms. The van der Waals surface area contributed by atoms with Gasteiger partial charge < -0.3 is 4.74 Å². The smallest absolute Gasteiger partial charge is 0.0528 e. The maximum atomic E-state index is 5.05. The third-order valence-corrected chi connectivity index (χ3v) is 2.15. The van der Waals surface area contributed by atoms with Crippen LogP contribution in [0, 0.1) is 0 Å². The first-order valence-corrected chi connectivity index (χ1v) is 4.62. The molecule has 0 spiro atoms. The quantitative estimate of drug-likeness (QED) is 0.796. The molecule has 1 rings (SSSR count). The van der Waals surface area contributed by atoms with E-state index in [2.05, 4.69) is 33.9 Å². The second-order valence-corrected chi connectivity index (χ2v) is 3.71. The molecular formula is C9H12BrNO. The first-order valence-electron chi connectivity index (χ1n) is 3.83. The molecule has 1 heterocycles. The summed E-state index contributed by atoms with van der Waals surface area (Å²) in [5.41, 5.74) is 1.20. The number of hydrogen-bond acceptors (Lipinski definition) is 2. The number of nitrogens with zero attached hydrogens (tertiary/aromatic N) is 1. The van der Waals surface area contributed by atoms with Crippen molar-refractivity contribution >= 4 is 15.9 Å². The third-order valence-electron chi connectivity index (χ3n) is 1.71. The molecule has 0 saturated carbocycles. The Morgan fingerprint density at radius 1 is 1.58 bits per heavy atom. The van der Waals surface area contributed by atoms with Crippen molar-refractivity contribution < 1.29 is 4.74 Å². The van der Waals surface area contributed by atoms with Crippen LogP contribution in [0.2, 0.25) is 0 Å². The highest BCUT2D eigenvalue weighted by molar-refractivity contribution is 9.10. The predicted molar refractivity (Wildman–Crippen MR) is 52.2 cm³/mol. The molecule has 1 aromatic rings. The van der Waals surface area contributed by atoms with Gasteiger partial charge in [0, 0.05) is 29.9 Å². The van der Waals surface area contributed by atoms with Gasteiger partial charge in [-0.1, -0.05) is 6.92 Å². The fraction of sp³-hybridized carbons (Fsp3) is 0.444. The average Bonchev–Trinajstić information content (AvgIpc) is 2.05. The fourth-order valence-corrected chi connectivity index (χ4v) is 1.43. The number of aromatic nitrogens is 1. The Hall–Kier alpha value is -0.410. The van der Waals surface area contributed by atoms with Crippen molar-refractivity contribution in [3.63, 3.8) is 0 Å². The van der Waals surface area contributed by atoms with Crippen LogP contribution in [0.5, 0.6) is 0 Å². The van der Waals surface area contributed by atoms with Crippen LogP contribution in [0.4, 0.5) is 0 Å². The van der Waals surface area contributed by atoms with Crippen molar-refractivity contribution in [3.05, 3.63) is 28.5 Å². The van der Waals surface area contributed by atoms with E-state index in [1.54, 1.807) is 13.3 Å². The van der Waals surface area contributed by atoms with E-state index in [0.717, 1.165) is 11.1 Å². The van der Waals surface area contributed by atoms with Gasteiger partial charge in [-0.25, -0.2) is 0 Å². The summed E-state index contributed by atoms with van der Waals surface area (Å²) >= 11 is 3.38. The largest absolute Gasteiger partial charge is 0.384 e. The second kappa shape index (κ2) is 4.58. The van der Waals surface area contributed by atoms with Crippen LogP contribution in [0.25, 0.3) is 0 Å². The third kappa shape index (κ3) is 2.57. The molecule has 1 atom stereocenters. The van der Waals surface area contributed by atoms with Crippen LogP contribution in [-0.2, 0) is 4.74 Å². The van der Waals surface area contributed by atoms with E-state index in [0.29, 0.717) is 5.92 Å². The molecule has 0 amide bonds. The molecule has 0 aromatic carbocycles. The lowest BCUT2D eigenvalue weighted by Crippen LogP contribution is -2.01. The Bertz CT molecular complexity index is 252. The normalized spacial score (nSPS) is 12.9. The van der Waals surface area contributed by atoms with Gasteiger partial charge in [0.25, 0.3) is 0 Å². The highest BCUT2D eigenvalue weighted by atomic mass is 79.9. The first-order chi connectivity index (χ1) is 5.74. The molecule has 0 fully saturated rings. The van der Waals surface area contributed by atoms with E-state index >= 15 is 0 Å². The maximum Gasteiger partial charge on any atom is 0.0528 e. The van der Waals surface area contributed by atoms with E-state index < -0.39 is 0 Å². The molecule has 0 aliphatic heterocycles. The van der Waals surface area contributed by atoms with E-state index in [9.17, 15) is 0 Å². The molecule has 1 aromatic heterocycles. The summed E-state index contributed by atoms with van der Waals surface area (Å²) < 4.78 is 6.07. The molecule has 0 N–H and O–H groups in total. The summed E-state index contributed by atoms with van der Waals surface area (Å²) in [6, 6.07) is 2.07. The standard InChI is InChI=1S/C9H12BrNO/c1-7(6-12-2)8-3-9(10)5-11-4-8/h3-5,7H,6H2,1-2H3. The van der Waals surface area contributed by atoms with Crippen molar-refractivity contribution in [2.45, 2.75) is 12.8 Å². The Balaban J connectivity index is 2.73. The van der Waals surface area contributed by atoms with Gasteiger partial charge in [0.1, 0.15) is 0 Å². The zero-order valence-corrected chi connectivity index (χ0v) is 8.84. The first kappa shape index (κ1) is 9.68. The second-order valence-electron chi connectivity index (χ2n) is 2.79. The van der Waals surface area contributed by atoms with Gasteiger partial charge >= 0.3 is 0 Å². The molecule has 0 radical (unpaired) electrons. The van der Waals surface area contributed by atoms with Crippen LogP contribution < -0.4 is 0 Å². The topological polar surface area (TPSA) is 22.1 Å². The summed E-state index contributed by atoms with van der Waals surface area (Å²) in [5.74, 6) is 0.403. The molecule has 0 aliphatic carbocycles. The molecule has 1 unspecified atom stereocenters. The molecule has 0 saturated heterocycles. The number of ether oxygens (including phenoxy) is 1. The lowest BCUT2D eigenvalue weighted by Gasteiger charge is -2.09. The van der Waals surface area contributed by atoms with Crippen molar-refractivity contribution in [3.8, 4) is 0 Å². The fourth-order valence-electron chi connectivity index (χ4n) is 1.04. The van der Waals surface area contributed by atoms with Gasteiger partial charge in [-0.2, -0.15) is 0 Å². The Kier molecular flexibility index (Phi) is 3.69. The van der Waals surface area contributed by atoms with E-state index in [1.807, 2.05) is 6.20 Å². The zero-order chi connectivity index (χ0) is 8.97. The summed E-state index contributed by atoms with van der Waals surface area (Å²) in [4.78, 5) is 4.09. The SMILES string of the molecule is COCC(C)c1cncc(Br)c1. The van der Waals surface area contributed by atoms with Crippen molar-refractivity contribution in [2.75, 3.05) is 13.7 Å². The van der Waals surface area contributed by atoms with Gasteiger partial charge in [0.05, 0.1) is 6.61 Å². The van der Waals surface area contributed by atoms with E-state index in [-0.39, 0.29) is 0 Å². The van der Waals surface area contributed by atoms with E-state index in [1.165, 1.54) is 5.56 Å². The minimum atomic E-state index is 0.403. The number of pyridine rings is 1. The summed E-state index contributed by atoms with van der Waals surface area (Å²) in [7, 11) is 1.71. The highest BCUT2D eigenvalue weighted by Gasteiger charge is 2.04. The van der Waals surface area contributed by atoms with Gasteiger partial charge in [-0.15, -0.1) is 0 Å². The van der Waals surface area contributed by atoms with Crippen LogP contribution >= 0.6 is 15.9 Å². The van der Waals surface area contributed by atoms with Crippen LogP contribution in [0.15, 0.2) is 22.9 Å². The highest BCUT2D eigenvalue weighted by Crippen LogP contribution is 2.17. The summed E-state index contributed by atoms with van der Waals surface area (Å²) in [5, 5.41) is 0. The molecule has 0 bridgehead atoms. The molecule has 2 nitrogen and oxygen atoms in total. The average molecular weight is 230 g/mol. The number of hydrogen-bond donors (Lipinski definition) is 0. The zero-order valence-electron chi connectivity index (χ0n) is 7.25. The van der Waals surface area contributed by atoms with Gasteiger partial charge in [-0.3, -0.25) is 4.98 Å². The molecular weight excluding hydrogens is 218 g/mol. The van der Waals surface area contributed by atoms with E-state index in [4.69, 9.17) is 4.74 Å². The molecule has 0 aliphatic rings. The number of methoxy groups -OCH3 is 1. The Morgan fingerprint density at radius 2 is 2.33 bits per heavy atom. The lowest BCUT2D eigenvalue weighted by molar-refractivity contribution is 0.184. The minimum absolute atomic E-state index is 0.403. The van der Waals surface area contributed by atoms with Crippen molar-refractivity contribution in [2.24, 2.45) is 0 Å². The minimum Gasteiger partial charge on any atom is -0.384 e. The number of rotatable bonds is 3. The maximum absolute atomic E-state index is 5.05. The molecule has 66 valence electrons. The van der Waals surface area contributed by atoms with Crippen LogP contribution in [-0.4, -0.2) is 18.7 Å². The van der Waals surface area contributed by atoms with Crippen LogP contribution in [0.3, 0.4) is 0 Å². The van der Waals surface area contributed by atoms with Gasteiger partial charge in [0.15, 0.2) is 0 Å². The Morgan fingerprint density at radius 3 is 2.92 bits per heavy atom. The summed E-state index contributed by atoms with van der Waals surface area (Å²) in [6.07, 6.45) is 3.65. The van der Waals surface area contributed by atoms with Gasteiger partial charge in [0.2, 0.25) is 0 Å². The summed E-state index contributed by atoms with van der Waals surface area (Å²) in [6.45, 7) is 2.85. The van der Waals surface area contributed by atoms with Crippen molar-refractivity contribution in [1.82, 2.24) is 4.98 Å². The van der Waals surface area contributed by atoms with Crippen LogP contribution in [0.1, 0.15) is 18.4 Å². The van der Waals surface area contributed by atoms with Gasteiger partial charge in [-0.05, 0) is 27.6 Å². The van der Waals surface area contributed by atoms with Crippen molar-refractivity contribution in [1.29, 1.82) is 0 Å². The molecule has 3 heteroatoms. The monoisotopic (exact) mass is 229 g/mol. The Labute approximate surface area is 81.1 Å². The lowest BCUT2D eigenvalue weighted by atomic mass is 10.1. The predicted octanol–water partition coefficient (Wildman–Crippen LogP) is 2.59. The number of halogens is 1.